The van der Waals surface area contributed by atoms with E-state index in [1.54, 1.807) is 0 Å². The molecule has 0 bridgehead atoms. The Labute approximate surface area is 96.8 Å². The van der Waals surface area contributed by atoms with Crippen molar-refractivity contribution in [3.05, 3.63) is 11.6 Å². The summed E-state index contributed by atoms with van der Waals surface area (Å²) in [6.45, 7) is 7.34. The Morgan fingerprint density at radius 1 is 1.44 bits per heavy atom. The van der Waals surface area contributed by atoms with Crippen molar-refractivity contribution in [3.63, 3.8) is 0 Å². The molecule has 1 saturated heterocycles. The molecular weight excluding hydrogens is 204 g/mol. The number of carbonyl (C=O) groups excluding carboxylic acids is 1. The minimum absolute atomic E-state index is 0.299. The average molecular weight is 224 g/mol. The van der Waals surface area contributed by atoms with Gasteiger partial charge in [-0.3, -0.25) is 0 Å². The van der Waals surface area contributed by atoms with Crippen molar-refractivity contribution in [1.29, 1.82) is 0 Å². The van der Waals surface area contributed by atoms with E-state index in [0.717, 1.165) is 19.1 Å². The molecule has 2 aliphatic rings. The van der Waals surface area contributed by atoms with Gasteiger partial charge in [0.1, 0.15) is 6.29 Å². The van der Waals surface area contributed by atoms with E-state index in [4.69, 9.17) is 9.47 Å². The fourth-order valence-corrected chi connectivity index (χ4v) is 2.71. The van der Waals surface area contributed by atoms with Gasteiger partial charge < -0.3 is 14.3 Å². The highest BCUT2D eigenvalue weighted by Gasteiger charge is 2.44. The molecule has 1 aliphatic carbocycles. The highest BCUT2D eigenvalue weighted by atomic mass is 16.7. The van der Waals surface area contributed by atoms with Crippen molar-refractivity contribution >= 4 is 6.29 Å². The van der Waals surface area contributed by atoms with Gasteiger partial charge in [-0.15, -0.1) is 0 Å². The summed E-state index contributed by atoms with van der Waals surface area (Å²) in [6.07, 6.45) is 4.98. The maximum atomic E-state index is 11.3. The summed E-state index contributed by atoms with van der Waals surface area (Å²) in [6, 6.07) is 0. The summed E-state index contributed by atoms with van der Waals surface area (Å²) in [5.74, 6) is -0.193. The lowest BCUT2D eigenvalue weighted by molar-refractivity contribution is -0.160. The standard InChI is InChI=1S/C13H20O3/c1-10-4-5-11(12(10,2)9-14)8-13(3)15-6-7-16-13/h4,9,11H,5-8H2,1-3H3/t11-,12+/m0/s1. The lowest BCUT2D eigenvalue weighted by Crippen LogP contribution is -2.35. The molecule has 0 aromatic carbocycles. The van der Waals surface area contributed by atoms with Crippen molar-refractivity contribution in [3.8, 4) is 0 Å². The second-order valence-electron chi connectivity index (χ2n) is 5.26. The van der Waals surface area contributed by atoms with Crippen LogP contribution in [0.4, 0.5) is 0 Å². The number of aldehydes is 1. The fraction of sp³-hybridized carbons (Fsp3) is 0.769. The van der Waals surface area contributed by atoms with Crippen LogP contribution in [0.1, 0.15) is 33.6 Å². The molecule has 90 valence electrons. The van der Waals surface area contributed by atoms with Crippen molar-refractivity contribution in [2.24, 2.45) is 11.3 Å². The topological polar surface area (TPSA) is 35.5 Å². The second-order valence-corrected chi connectivity index (χ2v) is 5.26. The van der Waals surface area contributed by atoms with Crippen LogP contribution in [0.25, 0.3) is 0 Å². The van der Waals surface area contributed by atoms with Crippen LogP contribution in [-0.2, 0) is 14.3 Å². The Hall–Kier alpha value is -0.670. The number of rotatable bonds is 3. The molecule has 0 amide bonds. The number of allylic oxidation sites excluding steroid dienone is 2. The van der Waals surface area contributed by atoms with Gasteiger partial charge in [0.2, 0.25) is 0 Å². The van der Waals surface area contributed by atoms with Crippen molar-refractivity contribution in [2.45, 2.75) is 39.4 Å². The summed E-state index contributed by atoms with van der Waals surface area (Å²) in [5.41, 5.74) is 0.840. The van der Waals surface area contributed by atoms with Gasteiger partial charge in [-0.1, -0.05) is 11.6 Å². The Morgan fingerprint density at radius 3 is 2.62 bits per heavy atom. The molecule has 0 radical (unpaired) electrons. The second kappa shape index (κ2) is 3.97. The Balaban J connectivity index is 2.09. The van der Waals surface area contributed by atoms with Gasteiger partial charge in [0.05, 0.1) is 13.2 Å². The molecule has 2 atom stereocenters. The molecular formula is C13H20O3. The van der Waals surface area contributed by atoms with Crippen LogP contribution in [0.2, 0.25) is 0 Å². The molecule has 0 saturated carbocycles. The van der Waals surface area contributed by atoms with Crippen LogP contribution >= 0.6 is 0 Å². The maximum absolute atomic E-state index is 11.3. The highest BCUT2D eigenvalue weighted by molar-refractivity contribution is 5.66. The van der Waals surface area contributed by atoms with Crippen LogP contribution in [0.5, 0.6) is 0 Å². The summed E-state index contributed by atoms with van der Waals surface area (Å²) in [7, 11) is 0. The SMILES string of the molecule is CC1=CC[C@@H](CC2(C)OCCO2)[C@]1(C)C=O. The lowest BCUT2D eigenvalue weighted by Gasteiger charge is -2.33. The molecule has 0 aromatic heterocycles. The Bertz CT molecular complexity index is 315. The third-order valence-electron chi connectivity index (χ3n) is 4.17. The van der Waals surface area contributed by atoms with Crippen LogP contribution in [0.3, 0.4) is 0 Å². The molecule has 3 nitrogen and oxygen atoms in total. The van der Waals surface area contributed by atoms with E-state index in [0.29, 0.717) is 19.1 Å². The van der Waals surface area contributed by atoms with E-state index in [-0.39, 0.29) is 5.41 Å². The Morgan fingerprint density at radius 2 is 2.06 bits per heavy atom. The molecule has 0 unspecified atom stereocenters. The number of carbonyl (C=O) groups is 1. The van der Waals surface area contributed by atoms with Gasteiger partial charge in [-0.2, -0.15) is 0 Å². The average Bonchev–Trinajstić information content (AvgIpc) is 2.79. The van der Waals surface area contributed by atoms with Crippen LogP contribution < -0.4 is 0 Å². The van der Waals surface area contributed by atoms with Gasteiger partial charge in [-0.25, -0.2) is 0 Å². The minimum Gasteiger partial charge on any atom is -0.348 e. The zero-order valence-corrected chi connectivity index (χ0v) is 10.3. The minimum atomic E-state index is -0.493. The zero-order valence-electron chi connectivity index (χ0n) is 10.3. The van der Waals surface area contributed by atoms with Crippen molar-refractivity contribution in [1.82, 2.24) is 0 Å². The van der Waals surface area contributed by atoms with Crippen molar-refractivity contribution < 1.29 is 14.3 Å². The normalized spacial score (nSPS) is 37.4. The largest absolute Gasteiger partial charge is 0.348 e. The van der Waals surface area contributed by atoms with Crippen LogP contribution in [0, 0.1) is 11.3 Å². The van der Waals surface area contributed by atoms with Crippen molar-refractivity contribution in [2.75, 3.05) is 13.2 Å². The molecule has 3 heteroatoms. The predicted octanol–water partition coefficient (Wildman–Crippen LogP) is 2.31. The third kappa shape index (κ3) is 1.82. The van der Waals surface area contributed by atoms with Gasteiger partial charge in [0.15, 0.2) is 5.79 Å². The van der Waals surface area contributed by atoms with Gasteiger partial charge >= 0.3 is 0 Å². The van der Waals surface area contributed by atoms with E-state index in [1.165, 1.54) is 5.57 Å². The summed E-state index contributed by atoms with van der Waals surface area (Å²) in [4.78, 5) is 11.3. The molecule has 1 fully saturated rings. The first-order valence-corrected chi connectivity index (χ1v) is 5.92. The number of hydrogen-bond acceptors (Lipinski definition) is 3. The van der Waals surface area contributed by atoms with E-state index < -0.39 is 5.79 Å². The first-order valence-electron chi connectivity index (χ1n) is 5.92. The lowest BCUT2D eigenvalue weighted by atomic mass is 9.74. The summed E-state index contributed by atoms with van der Waals surface area (Å²) >= 11 is 0. The highest BCUT2D eigenvalue weighted by Crippen LogP contribution is 2.46. The first-order chi connectivity index (χ1) is 7.50. The van der Waals surface area contributed by atoms with Crippen LogP contribution in [0.15, 0.2) is 11.6 Å². The smallest absolute Gasteiger partial charge is 0.166 e. The third-order valence-corrected chi connectivity index (χ3v) is 4.17. The monoisotopic (exact) mass is 224 g/mol. The molecule has 16 heavy (non-hydrogen) atoms. The molecule has 0 aromatic rings. The summed E-state index contributed by atoms with van der Waals surface area (Å²) in [5, 5.41) is 0. The zero-order chi connectivity index (χ0) is 11.8. The maximum Gasteiger partial charge on any atom is 0.166 e. The van der Waals surface area contributed by atoms with E-state index >= 15 is 0 Å². The fourth-order valence-electron chi connectivity index (χ4n) is 2.71. The molecule has 0 N–H and O–H groups in total. The number of ether oxygens (including phenoxy) is 2. The summed E-state index contributed by atoms with van der Waals surface area (Å²) < 4.78 is 11.2. The van der Waals surface area contributed by atoms with E-state index in [2.05, 4.69) is 6.08 Å². The predicted molar refractivity (Wildman–Crippen MR) is 61.0 cm³/mol. The molecule has 2 rings (SSSR count). The van der Waals surface area contributed by atoms with Gasteiger partial charge in [-0.05, 0) is 33.1 Å². The quantitative estimate of drug-likeness (QED) is 0.545. The Kier molecular flexibility index (Phi) is 2.93. The first kappa shape index (κ1) is 11.8. The molecule has 0 spiro atoms. The van der Waals surface area contributed by atoms with Gasteiger partial charge in [0, 0.05) is 11.8 Å². The van der Waals surface area contributed by atoms with E-state index in [1.807, 2.05) is 20.8 Å². The molecule has 1 aliphatic heterocycles. The molecule has 1 heterocycles. The number of hydrogen-bond donors (Lipinski definition) is 0. The van der Waals surface area contributed by atoms with E-state index in [9.17, 15) is 4.79 Å². The van der Waals surface area contributed by atoms with Crippen LogP contribution in [-0.4, -0.2) is 25.3 Å². The van der Waals surface area contributed by atoms with Gasteiger partial charge in [0.25, 0.3) is 0 Å².